The zero-order valence-corrected chi connectivity index (χ0v) is 14.3. The van der Waals surface area contributed by atoms with Gasteiger partial charge in [0.15, 0.2) is 0 Å². The van der Waals surface area contributed by atoms with Crippen LogP contribution in [-0.4, -0.2) is 18.1 Å². The van der Waals surface area contributed by atoms with Gasteiger partial charge < -0.3 is 10.6 Å². The molecule has 0 aliphatic carbocycles. The molecular formula is C18H24N2S. The number of rotatable bonds is 3. The third kappa shape index (κ3) is 3.03. The Balaban J connectivity index is 2.61. The van der Waals surface area contributed by atoms with Crippen molar-refractivity contribution in [3.05, 3.63) is 42.0 Å². The Labute approximate surface area is 132 Å². The van der Waals surface area contributed by atoms with E-state index in [2.05, 4.69) is 63.9 Å². The Hall–Kier alpha value is -1.61. The van der Waals surface area contributed by atoms with Crippen LogP contribution in [-0.2, 0) is 0 Å². The van der Waals surface area contributed by atoms with E-state index in [1.165, 1.54) is 11.1 Å². The third-order valence-corrected chi connectivity index (χ3v) is 4.60. The number of hydrogen-bond acceptors (Lipinski definition) is 2. The third-order valence-electron chi connectivity index (χ3n) is 4.38. The van der Waals surface area contributed by atoms with Gasteiger partial charge in [0.05, 0.1) is 0 Å². The smallest absolute Gasteiger partial charge is 0.104 e. The lowest BCUT2D eigenvalue weighted by Crippen LogP contribution is -2.39. The fourth-order valence-electron chi connectivity index (χ4n) is 2.60. The van der Waals surface area contributed by atoms with Gasteiger partial charge in [0.1, 0.15) is 4.99 Å². The van der Waals surface area contributed by atoms with E-state index >= 15 is 0 Å². The minimum atomic E-state index is 0.206. The predicted octanol–water partition coefficient (Wildman–Crippen LogP) is 4.34. The van der Waals surface area contributed by atoms with Crippen molar-refractivity contribution in [1.29, 1.82) is 0 Å². The molecule has 0 spiro atoms. The van der Waals surface area contributed by atoms with E-state index in [0.717, 1.165) is 10.9 Å². The van der Waals surface area contributed by atoms with Crippen molar-refractivity contribution in [2.24, 2.45) is 11.1 Å². The molecule has 0 aliphatic rings. The van der Waals surface area contributed by atoms with Gasteiger partial charge in [-0.3, -0.25) is 0 Å². The highest BCUT2D eigenvalue weighted by Gasteiger charge is 2.25. The fraction of sp³-hybridized carbons (Fsp3) is 0.389. The molecule has 0 heterocycles. The average molecular weight is 300 g/mol. The van der Waals surface area contributed by atoms with E-state index in [1.54, 1.807) is 0 Å². The van der Waals surface area contributed by atoms with Gasteiger partial charge >= 0.3 is 0 Å². The maximum Gasteiger partial charge on any atom is 0.104 e. The molecule has 0 saturated heterocycles. The first-order valence-electron chi connectivity index (χ1n) is 7.28. The number of anilines is 1. The molecule has 2 N–H and O–H groups in total. The van der Waals surface area contributed by atoms with Crippen LogP contribution < -0.4 is 10.6 Å². The van der Waals surface area contributed by atoms with Gasteiger partial charge in [-0.05, 0) is 29.9 Å². The minimum absolute atomic E-state index is 0.206. The Morgan fingerprint density at radius 3 is 2.19 bits per heavy atom. The van der Waals surface area contributed by atoms with Gasteiger partial charge in [-0.15, -0.1) is 0 Å². The van der Waals surface area contributed by atoms with Gasteiger partial charge in [-0.2, -0.15) is 0 Å². The van der Waals surface area contributed by atoms with Gasteiger partial charge in [0, 0.05) is 29.7 Å². The molecule has 0 saturated carbocycles. The van der Waals surface area contributed by atoms with Crippen LogP contribution in [0.5, 0.6) is 0 Å². The lowest BCUT2D eigenvalue weighted by atomic mass is 9.86. The van der Waals surface area contributed by atoms with Crippen LogP contribution in [0.2, 0.25) is 0 Å². The number of benzene rings is 2. The Kier molecular flexibility index (Phi) is 4.24. The van der Waals surface area contributed by atoms with Crippen LogP contribution in [0.25, 0.3) is 10.8 Å². The highest BCUT2D eigenvalue weighted by Crippen LogP contribution is 2.33. The number of fused-ring (bicyclic) bond motifs is 1. The molecule has 0 fully saturated rings. The first kappa shape index (κ1) is 15.8. The van der Waals surface area contributed by atoms with E-state index in [0.29, 0.717) is 11.0 Å². The summed E-state index contributed by atoms with van der Waals surface area (Å²) in [4.78, 5) is 2.79. The lowest BCUT2D eigenvalue weighted by Gasteiger charge is -2.37. The Bertz CT molecular complexity index is 670. The molecular weight excluding hydrogens is 276 g/mol. The Morgan fingerprint density at radius 2 is 1.67 bits per heavy atom. The largest absolute Gasteiger partial charge is 0.389 e. The lowest BCUT2D eigenvalue weighted by molar-refractivity contribution is 0.330. The molecule has 0 radical (unpaired) electrons. The first-order valence-corrected chi connectivity index (χ1v) is 7.68. The second kappa shape index (κ2) is 5.64. The molecule has 21 heavy (non-hydrogen) atoms. The van der Waals surface area contributed by atoms with Gasteiger partial charge in [-0.25, -0.2) is 0 Å². The van der Waals surface area contributed by atoms with Crippen molar-refractivity contribution >= 4 is 33.7 Å². The van der Waals surface area contributed by atoms with E-state index in [9.17, 15) is 0 Å². The number of nitrogens with zero attached hydrogens (tertiary/aromatic N) is 1. The molecule has 2 nitrogen and oxygen atoms in total. The number of nitrogens with two attached hydrogens (primary N) is 1. The topological polar surface area (TPSA) is 29.3 Å². The van der Waals surface area contributed by atoms with Crippen LogP contribution >= 0.6 is 12.2 Å². The number of hydrogen-bond donors (Lipinski definition) is 1. The van der Waals surface area contributed by atoms with Crippen LogP contribution in [0.3, 0.4) is 0 Å². The van der Waals surface area contributed by atoms with Crippen LogP contribution in [0, 0.1) is 5.41 Å². The van der Waals surface area contributed by atoms with Crippen LogP contribution in [0.1, 0.15) is 33.3 Å². The second-order valence-corrected chi connectivity index (χ2v) is 7.13. The summed E-state index contributed by atoms with van der Waals surface area (Å²) in [6, 6.07) is 12.9. The maximum atomic E-state index is 5.85. The molecule has 0 amide bonds. The van der Waals surface area contributed by atoms with E-state index in [-0.39, 0.29) is 5.41 Å². The van der Waals surface area contributed by atoms with Gasteiger partial charge in [0.25, 0.3) is 0 Å². The molecule has 0 bridgehead atoms. The van der Waals surface area contributed by atoms with Crippen LogP contribution in [0.4, 0.5) is 5.69 Å². The van der Waals surface area contributed by atoms with Gasteiger partial charge in [0.2, 0.25) is 0 Å². The SMILES string of the molecule is CC(N(C)c1ccc(C(N)=S)c2ccccc12)C(C)(C)C. The fourth-order valence-corrected chi connectivity index (χ4v) is 2.77. The standard InChI is InChI=1S/C18H24N2S/c1-12(18(2,3)4)20(5)16-11-10-15(17(19)21)13-8-6-7-9-14(13)16/h6-12H,1-5H3,(H2,19,21). The summed E-state index contributed by atoms with van der Waals surface area (Å²) >= 11 is 5.17. The summed E-state index contributed by atoms with van der Waals surface area (Å²) < 4.78 is 0. The van der Waals surface area contributed by atoms with E-state index in [4.69, 9.17) is 18.0 Å². The summed E-state index contributed by atoms with van der Waals surface area (Å²) in [6.07, 6.45) is 0. The van der Waals surface area contributed by atoms with Gasteiger partial charge in [-0.1, -0.05) is 57.3 Å². The summed E-state index contributed by atoms with van der Waals surface area (Å²) in [7, 11) is 2.15. The highest BCUT2D eigenvalue weighted by atomic mass is 32.1. The molecule has 0 aromatic heterocycles. The Morgan fingerprint density at radius 1 is 1.10 bits per heavy atom. The summed E-state index contributed by atoms with van der Waals surface area (Å²) in [5, 5.41) is 2.32. The molecule has 2 aromatic rings. The van der Waals surface area contributed by atoms with Crippen LogP contribution in [0.15, 0.2) is 36.4 Å². The quantitative estimate of drug-likeness (QED) is 0.855. The molecule has 1 atom stereocenters. The van der Waals surface area contributed by atoms with Crippen molar-refractivity contribution in [1.82, 2.24) is 0 Å². The van der Waals surface area contributed by atoms with Crippen molar-refractivity contribution in [3.8, 4) is 0 Å². The van der Waals surface area contributed by atoms with Crippen molar-refractivity contribution in [3.63, 3.8) is 0 Å². The first-order chi connectivity index (χ1) is 9.73. The highest BCUT2D eigenvalue weighted by molar-refractivity contribution is 7.80. The van der Waals surface area contributed by atoms with E-state index < -0.39 is 0 Å². The number of thiocarbonyl (C=S) groups is 1. The maximum absolute atomic E-state index is 5.85. The molecule has 1 unspecified atom stereocenters. The predicted molar refractivity (Wildman–Crippen MR) is 97.2 cm³/mol. The summed E-state index contributed by atoms with van der Waals surface area (Å²) in [5.41, 5.74) is 8.22. The molecule has 2 rings (SSSR count). The monoisotopic (exact) mass is 300 g/mol. The zero-order valence-electron chi connectivity index (χ0n) is 13.5. The van der Waals surface area contributed by atoms with Crippen molar-refractivity contribution in [2.75, 3.05) is 11.9 Å². The second-order valence-electron chi connectivity index (χ2n) is 6.69. The molecule has 112 valence electrons. The normalized spacial score (nSPS) is 13.2. The average Bonchev–Trinajstić information content (AvgIpc) is 2.43. The van der Waals surface area contributed by atoms with Crippen molar-refractivity contribution < 1.29 is 0 Å². The summed E-state index contributed by atoms with van der Waals surface area (Å²) in [6.45, 7) is 9.05. The zero-order chi connectivity index (χ0) is 15.8. The van der Waals surface area contributed by atoms with E-state index in [1.807, 2.05) is 12.1 Å². The molecule has 3 heteroatoms. The van der Waals surface area contributed by atoms with Crippen molar-refractivity contribution in [2.45, 2.75) is 33.7 Å². The molecule has 2 aromatic carbocycles. The minimum Gasteiger partial charge on any atom is -0.389 e. The summed E-state index contributed by atoms with van der Waals surface area (Å²) in [5.74, 6) is 0. The molecule has 0 aliphatic heterocycles.